The van der Waals surface area contributed by atoms with Crippen LogP contribution in [0.3, 0.4) is 0 Å². The zero-order valence-electron chi connectivity index (χ0n) is 19.1. The van der Waals surface area contributed by atoms with Gasteiger partial charge in [0.1, 0.15) is 6.61 Å². The van der Waals surface area contributed by atoms with E-state index in [0.29, 0.717) is 12.5 Å². The molecule has 0 N–H and O–H groups in total. The highest BCUT2D eigenvalue weighted by atomic mass is 32.4. The van der Waals surface area contributed by atoms with E-state index >= 15 is 0 Å². The normalized spacial score (nSPS) is 34.7. The summed E-state index contributed by atoms with van der Waals surface area (Å²) < 4.78 is 6.40. The molecule has 0 aromatic heterocycles. The fraction of sp³-hybridized carbons (Fsp3) is 0.444. The summed E-state index contributed by atoms with van der Waals surface area (Å²) in [5, 5.41) is 1.44. The monoisotopic (exact) mass is 449 g/mol. The Morgan fingerprint density at radius 2 is 1.65 bits per heavy atom. The molecular formula is C27H32NOPS. The molecule has 0 amide bonds. The maximum atomic E-state index is 6.72. The molecule has 1 saturated heterocycles. The van der Waals surface area contributed by atoms with Crippen LogP contribution < -0.4 is 0 Å². The summed E-state index contributed by atoms with van der Waals surface area (Å²) >= 11 is 6.72. The number of hydrogen-bond acceptors (Lipinski definition) is 3. The first-order valence-electron chi connectivity index (χ1n) is 11.3. The summed E-state index contributed by atoms with van der Waals surface area (Å²) in [7, 11) is 0. The third-order valence-corrected chi connectivity index (χ3v) is 13.2. The van der Waals surface area contributed by atoms with Gasteiger partial charge in [-0.15, -0.1) is 0 Å². The molecule has 3 aliphatic rings. The van der Waals surface area contributed by atoms with Gasteiger partial charge < -0.3 is 4.74 Å². The van der Waals surface area contributed by atoms with Gasteiger partial charge in [0.15, 0.2) is 5.90 Å². The van der Waals surface area contributed by atoms with Crippen LogP contribution >= 0.6 is 6.04 Å². The van der Waals surface area contributed by atoms with E-state index in [-0.39, 0.29) is 22.5 Å². The molecule has 0 spiro atoms. The van der Waals surface area contributed by atoms with E-state index in [0.717, 1.165) is 12.1 Å². The van der Waals surface area contributed by atoms with Gasteiger partial charge in [-0.3, -0.25) is 0 Å². The van der Waals surface area contributed by atoms with Crippen molar-refractivity contribution < 1.29 is 4.74 Å². The van der Waals surface area contributed by atoms with Gasteiger partial charge in [0, 0.05) is 11.3 Å². The maximum Gasteiger partial charge on any atom is 0.193 e. The van der Waals surface area contributed by atoms with Gasteiger partial charge in [0.25, 0.3) is 0 Å². The quantitative estimate of drug-likeness (QED) is 0.474. The fourth-order valence-corrected chi connectivity index (χ4v) is 13.1. The summed E-state index contributed by atoms with van der Waals surface area (Å²) in [4.78, 5) is 5.20. The molecule has 0 unspecified atom stereocenters. The second-order valence-corrected chi connectivity index (χ2v) is 15.6. The first-order valence-corrected chi connectivity index (χ1v) is 14.3. The van der Waals surface area contributed by atoms with E-state index in [1.807, 2.05) is 0 Å². The number of rotatable bonds is 3. The lowest BCUT2D eigenvalue weighted by atomic mass is 9.68. The number of fused-ring (bicyclic) bond motifs is 2. The summed E-state index contributed by atoms with van der Waals surface area (Å²) in [5.74, 6) is 1.26. The van der Waals surface area contributed by atoms with E-state index in [1.54, 1.807) is 0 Å². The number of benzene rings is 2. The van der Waals surface area contributed by atoms with E-state index in [9.17, 15) is 0 Å². The smallest absolute Gasteiger partial charge is 0.193 e. The standard InChI is InChI=1S/C27H32NOPS/c1-18-23(20-14-10-7-11-15-20)30(31)17-27(18,5)22(19-12-8-6-9-13-19)24(30)25-28-21(16-29-25)26(2,3)4/h6-15,21-22,24H,16-17H2,1-5H3/t21-,22+,24-,27-,30+/m1/s1. The summed E-state index contributed by atoms with van der Waals surface area (Å²) in [6.07, 6.45) is 1.07. The number of hydrogen-bond donors (Lipinski definition) is 0. The minimum Gasteiger partial charge on any atom is -0.478 e. The Balaban J connectivity index is 1.71. The SMILES string of the molecule is CC1=C(c2ccccc2)[P@@]2(=S)C[C@@]1(C)[C@@H](c1ccccc1)[C@@H]2C1=N[C@@H](C(C)(C)C)CO1. The predicted octanol–water partition coefficient (Wildman–Crippen LogP) is 6.93. The molecule has 4 heteroatoms. The van der Waals surface area contributed by atoms with E-state index in [1.165, 1.54) is 22.0 Å². The lowest BCUT2D eigenvalue weighted by Gasteiger charge is -2.39. The van der Waals surface area contributed by atoms with E-state index < -0.39 is 6.04 Å². The van der Waals surface area contributed by atoms with Crippen LogP contribution in [0.5, 0.6) is 0 Å². The highest BCUT2D eigenvalue weighted by Gasteiger charge is 2.64. The number of aliphatic imine (C=N–C) groups is 1. The zero-order chi connectivity index (χ0) is 22.0. The largest absolute Gasteiger partial charge is 0.478 e. The minimum absolute atomic E-state index is 0.0401. The molecule has 1 fully saturated rings. The van der Waals surface area contributed by atoms with Crippen molar-refractivity contribution in [2.45, 2.75) is 52.2 Å². The number of allylic oxidation sites excluding steroid dienone is 1. The summed E-state index contributed by atoms with van der Waals surface area (Å²) in [6, 6.07) is 20.1. The van der Waals surface area contributed by atoms with Crippen molar-refractivity contribution >= 4 is 29.1 Å². The molecule has 2 aromatic carbocycles. The molecule has 31 heavy (non-hydrogen) atoms. The van der Waals surface area contributed by atoms with Crippen LogP contribution in [0.15, 0.2) is 71.2 Å². The summed E-state index contributed by atoms with van der Waals surface area (Å²) in [5.41, 5.74) is 4.47. The predicted molar refractivity (Wildman–Crippen MR) is 136 cm³/mol. The number of nitrogens with zero attached hydrogens (tertiary/aromatic N) is 1. The van der Waals surface area contributed by atoms with Gasteiger partial charge >= 0.3 is 0 Å². The molecular weight excluding hydrogens is 417 g/mol. The topological polar surface area (TPSA) is 21.6 Å². The average Bonchev–Trinajstić information content (AvgIpc) is 3.36. The van der Waals surface area contributed by atoms with Gasteiger partial charge in [-0.2, -0.15) is 0 Å². The van der Waals surface area contributed by atoms with Gasteiger partial charge in [-0.1, -0.05) is 106 Å². The lowest BCUT2D eigenvalue weighted by molar-refractivity contribution is 0.231. The Hall–Kier alpha value is -1.70. The van der Waals surface area contributed by atoms with Gasteiger partial charge in [-0.05, 0) is 41.0 Å². The van der Waals surface area contributed by atoms with Crippen LogP contribution in [-0.2, 0) is 16.5 Å². The van der Waals surface area contributed by atoms with E-state index in [2.05, 4.69) is 95.3 Å². The molecule has 0 saturated carbocycles. The average molecular weight is 450 g/mol. The first kappa shape index (κ1) is 21.2. The molecule has 2 bridgehead atoms. The first-order chi connectivity index (χ1) is 14.7. The molecule has 0 aliphatic carbocycles. The molecule has 5 rings (SSSR count). The Labute approximate surface area is 191 Å². The van der Waals surface area contributed by atoms with E-state index in [4.69, 9.17) is 21.5 Å². The maximum absolute atomic E-state index is 6.72. The third kappa shape index (κ3) is 3.11. The van der Waals surface area contributed by atoms with Crippen molar-refractivity contribution in [1.82, 2.24) is 0 Å². The fourth-order valence-electron chi connectivity index (χ4n) is 5.96. The van der Waals surface area contributed by atoms with Crippen LogP contribution in [0.2, 0.25) is 0 Å². The van der Waals surface area contributed by atoms with Crippen LogP contribution in [-0.4, -0.2) is 30.4 Å². The van der Waals surface area contributed by atoms with Crippen LogP contribution in [0.25, 0.3) is 5.31 Å². The van der Waals surface area contributed by atoms with Crippen molar-refractivity contribution in [2.24, 2.45) is 15.8 Å². The van der Waals surface area contributed by atoms with Gasteiger partial charge in [0.2, 0.25) is 0 Å². The minimum atomic E-state index is -1.93. The Kier molecular flexibility index (Phi) is 4.88. The highest BCUT2D eigenvalue weighted by molar-refractivity contribution is 8.20. The zero-order valence-corrected chi connectivity index (χ0v) is 20.8. The number of ether oxygens (including phenoxy) is 1. The molecule has 0 radical (unpaired) electrons. The van der Waals surface area contributed by atoms with Crippen LogP contribution in [0, 0.1) is 10.8 Å². The summed E-state index contributed by atoms with van der Waals surface area (Å²) in [6.45, 7) is 12.2. The van der Waals surface area contributed by atoms with Crippen LogP contribution in [0.4, 0.5) is 0 Å². The van der Waals surface area contributed by atoms with Crippen molar-refractivity contribution in [3.63, 3.8) is 0 Å². The molecule has 2 nitrogen and oxygen atoms in total. The molecule has 3 aliphatic heterocycles. The van der Waals surface area contributed by atoms with Crippen molar-refractivity contribution in [2.75, 3.05) is 12.8 Å². The van der Waals surface area contributed by atoms with Crippen LogP contribution in [0.1, 0.15) is 51.7 Å². The van der Waals surface area contributed by atoms with Crippen molar-refractivity contribution in [1.29, 1.82) is 0 Å². The third-order valence-electron chi connectivity index (χ3n) is 7.74. The van der Waals surface area contributed by atoms with Crippen molar-refractivity contribution in [3.8, 4) is 0 Å². The Morgan fingerprint density at radius 3 is 2.23 bits per heavy atom. The second-order valence-electron chi connectivity index (χ2n) is 10.7. The molecule has 3 heterocycles. The Morgan fingerprint density at radius 1 is 1.03 bits per heavy atom. The van der Waals surface area contributed by atoms with Gasteiger partial charge in [-0.25, -0.2) is 4.99 Å². The molecule has 2 aromatic rings. The van der Waals surface area contributed by atoms with Gasteiger partial charge in [0.05, 0.1) is 11.7 Å². The lowest BCUT2D eigenvalue weighted by Crippen LogP contribution is -2.35. The Bertz CT molecular complexity index is 1110. The highest BCUT2D eigenvalue weighted by Crippen LogP contribution is 2.83. The second kappa shape index (κ2) is 7.15. The molecule has 5 atom stereocenters. The molecule has 162 valence electrons. The van der Waals surface area contributed by atoms with Crippen molar-refractivity contribution in [3.05, 3.63) is 77.4 Å².